The van der Waals surface area contributed by atoms with E-state index in [4.69, 9.17) is 0 Å². The molecule has 0 aliphatic heterocycles. The molecule has 0 heterocycles. The molecule has 19 heavy (non-hydrogen) atoms. The van der Waals surface area contributed by atoms with Crippen molar-refractivity contribution in [3.8, 4) is 0 Å². The molecule has 0 aromatic carbocycles. The average Bonchev–Trinajstić information content (AvgIpc) is 2.37. The Morgan fingerprint density at radius 3 is 1.84 bits per heavy atom. The Morgan fingerprint density at radius 1 is 1.00 bits per heavy atom. The molecule has 2 unspecified atom stereocenters. The third-order valence-electron chi connectivity index (χ3n) is 3.10. The van der Waals surface area contributed by atoms with E-state index in [0.717, 1.165) is 0 Å². The van der Waals surface area contributed by atoms with Gasteiger partial charge in [0.2, 0.25) is 16.8 Å². The Labute approximate surface area is 125 Å². The molecule has 2 atom stereocenters. The lowest BCUT2D eigenvalue weighted by Gasteiger charge is -2.38. The molecule has 0 aromatic rings. The van der Waals surface area contributed by atoms with Crippen molar-refractivity contribution in [1.82, 2.24) is 13.9 Å². The summed E-state index contributed by atoms with van der Waals surface area (Å²) in [7, 11) is -4.87. The van der Waals surface area contributed by atoms with Crippen LogP contribution in [0.4, 0.5) is 0 Å². The maximum atomic E-state index is 4.04. The van der Waals surface area contributed by atoms with Crippen LogP contribution in [0, 0.1) is 0 Å². The van der Waals surface area contributed by atoms with Gasteiger partial charge in [-0.3, -0.25) is 0 Å². The third-order valence-corrected chi connectivity index (χ3v) is 18.0. The van der Waals surface area contributed by atoms with Gasteiger partial charge in [0.15, 0.2) is 8.96 Å². The van der Waals surface area contributed by atoms with Crippen LogP contribution in [0.25, 0.3) is 0 Å². The minimum absolute atomic E-state index is 0.484. The molecule has 0 aromatic heterocycles. The van der Waals surface area contributed by atoms with Gasteiger partial charge in [-0.25, -0.2) is 0 Å². The lowest BCUT2D eigenvalue weighted by Crippen LogP contribution is -2.75. The molecule has 7 heteroatoms. The summed E-state index contributed by atoms with van der Waals surface area (Å²) in [4.78, 5) is 0. The van der Waals surface area contributed by atoms with Crippen LogP contribution in [0.2, 0.25) is 32.2 Å². The molecule has 0 aliphatic carbocycles. The smallest absolute Gasteiger partial charge is 0.211 e. The van der Waals surface area contributed by atoms with Gasteiger partial charge in [0, 0.05) is 0 Å². The average molecular weight is 328 g/mol. The van der Waals surface area contributed by atoms with Crippen molar-refractivity contribution in [1.29, 1.82) is 0 Å². The Morgan fingerprint density at radius 2 is 1.47 bits per heavy atom. The summed E-state index contributed by atoms with van der Waals surface area (Å²) < 4.78 is 11.4. The first-order valence-corrected chi connectivity index (χ1v) is 16.1. The van der Waals surface area contributed by atoms with Gasteiger partial charge in [-0.15, -0.1) is 19.7 Å². The van der Waals surface area contributed by atoms with E-state index in [2.05, 4.69) is 78.2 Å². The maximum absolute atomic E-state index is 4.04. The Hall–Kier alpha value is -0.0325. The van der Waals surface area contributed by atoms with Crippen LogP contribution in [0.1, 0.15) is 6.92 Å². The predicted molar refractivity (Wildman–Crippen MR) is 97.0 cm³/mol. The molecule has 2 radical (unpaired) electrons. The summed E-state index contributed by atoms with van der Waals surface area (Å²) in [5.74, 6) is 0. The first-order valence-electron chi connectivity index (χ1n) is 6.65. The van der Waals surface area contributed by atoms with Gasteiger partial charge in [0.25, 0.3) is 0 Å². The Balaban J connectivity index is 4.93. The largest absolute Gasteiger partial charge is 0.345 e. The molecule has 0 rings (SSSR count). The predicted octanol–water partition coefficient (Wildman–Crippen LogP) is 2.34. The monoisotopic (exact) mass is 327 g/mol. The number of hydrogen-bond acceptors (Lipinski definition) is 3. The van der Waals surface area contributed by atoms with E-state index < -0.39 is 34.7 Å². The van der Waals surface area contributed by atoms with Crippen LogP contribution in [0.15, 0.2) is 36.8 Å². The molecular formula is C12H29N3Si4. The molecule has 0 fully saturated rings. The molecule has 0 saturated carbocycles. The zero-order chi connectivity index (χ0) is 15.1. The van der Waals surface area contributed by atoms with Gasteiger partial charge in [-0.1, -0.05) is 37.1 Å². The maximum Gasteiger partial charge on any atom is 0.211 e. The molecule has 108 valence electrons. The van der Waals surface area contributed by atoms with E-state index >= 15 is 0 Å². The summed E-state index contributed by atoms with van der Waals surface area (Å²) in [6, 6.07) is 1.22. The van der Waals surface area contributed by atoms with Gasteiger partial charge in [0.05, 0.1) is 0 Å². The minimum atomic E-state index is -1.86. The molecule has 0 saturated heterocycles. The number of nitrogens with one attached hydrogen (secondary N) is 3. The van der Waals surface area contributed by atoms with Crippen LogP contribution in [-0.4, -0.2) is 34.7 Å². The minimum Gasteiger partial charge on any atom is -0.345 e. The highest BCUT2D eigenvalue weighted by Gasteiger charge is 2.36. The first kappa shape index (κ1) is 19.0. The normalized spacial score (nSPS) is 17.8. The second kappa shape index (κ2) is 8.30. The Kier molecular flexibility index (Phi) is 8.28. The summed E-state index contributed by atoms with van der Waals surface area (Å²) in [5.41, 5.74) is 6.21. The molecular weight excluding hydrogens is 298 g/mol. The molecule has 0 bridgehead atoms. The fourth-order valence-corrected chi connectivity index (χ4v) is 17.3. The second-order valence-corrected chi connectivity index (χ2v) is 17.9. The van der Waals surface area contributed by atoms with Gasteiger partial charge in [-0.2, -0.15) is 0 Å². The quantitative estimate of drug-likeness (QED) is 0.539. The molecule has 0 aliphatic rings. The van der Waals surface area contributed by atoms with E-state index in [1.54, 1.807) is 0 Å². The van der Waals surface area contributed by atoms with E-state index in [1.165, 1.54) is 6.04 Å². The highest BCUT2D eigenvalue weighted by Crippen LogP contribution is 2.05. The lowest BCUT2D eigenvalue weighted by molar-refractivity contribution is 1.17. The van der Waals surface area contributed by atoms with Crippen LogP contribution in [-0.2, 0) is 0 Å². The number of hydrogen-bond donors (Lipinski definition) is 3. The van der Waals surface area contributed by atoms with Gasteiger partial charge < -0.3 is 13.9 Å². The van der Waals surface area contributed by atoms with Crippen molar-refractivity contribution >= 4 is 34.7 Å². The molecule has 0 amide bonds. The van der Waals surface area contributed by atoms with Gasteiger partial charge in [0.1, 0.15) is 8.96 Å². The Bertz CT molecular complexity index is 326. The summed E-state index contributed by atoms with van der Waals surface area (Å²) >= 11 is 0. The van der Waals surface area contributed by atoms with E-state index in [9.17, 15) is 0 Å². The van der Waals surface area contributed by atoms with Gasteiger partial charge in [-0.05, 0) is 19.1 Å². The highest BCUT2D eigenvalue weighted by molar-refractivity contribution is 7.00. The number of rotatable bonds is 10. The van der Waals surface area contributed by atoms with E-state index in [1.807, 2.05) is 5.70 Å². The van der Waals surface area contributed by atoms with Crippen molar-refractivity contribution < 1.29 is 0 Å². The van der Waals surface area contributed by atoms with Crippen LogP contribution in [0.5, 0.6) is 0 Å². The van der Waals surface area contributed by atoms with Crippen molar-refractivity contribution in [2.24, 2.45) is 0 Å². The van der Waals surface area contributed by atoms with Crippen molar-refractivity contribution in [3.05, 3.63) is 36.8 Å². The topological polar surface area (TPSA) is 36.1 Å². The third kappa shape index (κ3) is 6.79. The fourth-order valence-electron chi connectivity index (χ4n) is 1.80. The molecule has 3 N–H and O–H groups in total. The SMILES string of the molecule is C=C[Si](C)N[Si](C)(C=C)N[Si](C)(C=C)N[Si](C)CC. The summed E-state index contributed by atoms with van der Waals surface area (Å²) in [6.45, 7) is 23.3. The first-order chi connectivity index (χ1) is 8.74. The lowest BCUT2D eigenvalue weighted by atomic mass is 11.0. The van der Waals surface area contributed by atoms with Crippen molar-refractivity contribution in [2.75, 3.05) is 0 Å². The summed E-state index contributed by atoms with van der Waals surface area (Å²) in [5, 5.41) is 0. The fraction of sp³-hybridized carbons (Fsp3) is 0.500. The van der Waals surface area contributed by atoms with Crippen LogP contribution >= 0.6 is 0 Å². The molecule has 3 nitrogen and oxygen atoms in total. The zero-order valence-corrected chi connectivity index (χ0v) is 17.1. The van der Waals surface area contributed by atoms with Crippen molar-refractivity contribution in [3.63, 3.8) is 0 Å². The van der Waals surface area contributed by atoms with Gasteiger partial charge >= 0.3 is 0 Å². The van der Waals surface area contributed by atoms with Crippen LogP contribution < -0.4 is 13.9 Å². The van der Waals surface area contributed by atoms with Crippen molar-refractivity contribution in [2.45, 2.75) is 39.2 Å². The van der Waals surface area contributed by atoms with E-state index in [0.29, 0.717) is 0 Å². The highest BCUT2D eigenvalue weighted by atomic mass is 28.4. The zero-order valence-electron chi connectivity index (χ0n) is 13.1. The second-order valence-electron chi connectivity index (χ2n) is 5.21. The standard InChI is InChI=1S/C12H29N3Si4/c1-9-16(5)13-18(7,11-3)15-19(8,12-4)14-17(6)10-2/h9,11-15H,1,3-4,10H2,2,5-8H3. The van der Waals surface area contributed by atoms with E-state index in [-0.39, 0.29) is 0 Å². The molecule has 0 spiro atoms. The summed E-state index contributed by atoms with van der Waals surface area (Å²) in [6.07, 6.45) is 0. The van der Waals surface area contributed by atoms with Crippen LogP contribution in [0.3, 0.4) is 0 Å².